The van der Waals surface area contributed by atoms with E-state index in [4.69, 9.17) is 5.73 Å². The van der Waals surface area contributed by atoms with E-state index in [1.54, 1.807) is 17.0 Å². The maximum absolute atomic E-state index is 12.7. The summed E-state index contributed by atoms with van der Waals surface area (Å²) in [6.45, 7) is 2.37. The highest BCUT2D eigenvalue weighted by Crippen LogP contribution is 2.19. The number of anilines is 1. The largest absolute Gasteiger partial charge is 0.366 e. The van der Waals surface area contributed by atoms with Gasteiger partial charge in [-0.2, -0.15) is 0 Å². The minimum absolute atomic E-state index is 0.0169. The van der Waals surface area contributed by atoms with Gasteiger partial charge in [-0.25, -0.2) is 9.78 Å². The molecule has 1 atom stereocenters. The molecule has 1 aromatic rings. The van der Waals surface area contributed by atoms with Crippen LogP contribution in [0.5, 0.6) is 0 Å². The molecule has 0 spiro atoms. The molecule has 3 rings (SSSR count). The molecule has 10 nitrogen and oxygen atoms in total. The second-order valence-corrected chi connectivity index (χ2v) is 7.00. The summed E-state index contributed by atoms with van der Waals surface area (Å²) in [5, 5.41) is 0. The van der Waals surface area contributed by atoms with Crippen molar-refractivity contribution in [1.29, 1.82) is 0 Å². The molecule has 2 fully saturated rings. The van der Waals surface area contributed by atoms with E-state index in [9.17, 15) is 19.2 Å². The number of likely N-dealkylation sites (N-methyl/N-ethyl adjacent to an activating group) is 2. The van der Waals surface area contributed by atoms with Crippen molar-refractivity contribution in [2.45, 2.75) is 18.9 Å². The minimum Gasteiger partial charge on any atom is -0.366 e. The van der Waals surface area contributed by atoms with Gasteiger partial charge in [-0.3, -0.25) is 19.3 Å². The molecule has 0 bridgehead atoms. The van der Waals surface area contributed by atoms with Crippen LogP contribution in [-0.2, 0) is 9.59 Å². The van der Waals surface area contributed by atoms with Gasteiger partial charge in [0.25, 0.3) is 5.91 Å². The van der Waals surface area contributed by atoms with Crippen LogP contribution in [0.2, 0.25) is 0 Å². The molecule has 0 aliphatic carbocycles. The van der Waals surface area contributed by atoms with Gasteiger partial charge in [-0.05, 0) is 18.6 Å². The van der Waals surface area contributed by atoms with E-state index in [1.165, 1.54) is 25.2 Å². The molecule has 10 heteroatoms. The Hall–Kier alpha value is -3.17. The van der Waals surface area contributed by atoms with E-state index < -0.39 is 18.0 Å². The Bertz CT molecular complexity index is 796. The molecule has 2 aliphatic rings. The summed E-state index contributed by atoms with van der Waals surface area (Å²) in [6, 6.07) is 2.24. The smallest absolute Gasteiger partial charge is 0.326 e. The lowest BCUT2D eigenvalue weighted by atomic mass is 10.1. The fourth-order valence-corrected chi connectivity index (χ4v) is 3.49. The van der Waals surface area contributed by atoms with Gasteiger partial charge in [0.2, 0.25) is 11.8 Å². The van der Waals surface area contributed by atoms with E-state index in [-0.39, 0.29) is 18.2 Å². The topological polar surface area (TPSA) is 120 Å². The number of carbonyl (C=O) groups excluding carboxylic acids is 4. The standard InChI is InChI=1S/C18H24N6O4/c1-21-13(17(27)22(2)18(21)28)10-15(25)24-7-3-6-23(8-9-24)14-5-4-12(11-20-14)16(19)26/h4-5,11,13H,3,6-10H2,1-2H3,(H2,19,26). The number of amides is 5. The van der Waals surface area contributed by atoms with E-state index in [0.29, 0.717) is 25.2 Å². The second-order valence-electron chi connectivity index (χ2n) is 7.00. The fraction of sp³-hybridized carbons (Fsp3) is 0.500. The average molecular weight is 388 g/mol. The molecule has 2 saturated heterocycles. The van der Waals surface area contributed by atoms with Crippen LogP contribution in [0.4, 0.5) is 10.6 Å². The van der Waals surface area contributed by atoms with E-state index in [2.05, 4.69) is 4.98 Å². The number of carbonyl (C=O) groups is 4. The van der Waals surface area contributed by atoms with Crippen LogP contribution in [-0.4, -0.2) is 89.8 Å². The molecule has 150 valence electrons. The Morgan fingerprint density at radius 1 is 1.14 bits per heavy atom. The first-order chi connectivity index (χ1) is 13.3. The normalized spacial score (nSPS) is 20.6. The third-order valence-electron chi connectivity index (χ3n) is 5.24. The number of hydrogen-bond donors (Lipinski definition) is 1. The molecule has 28 heavy (non-hydrogen) atoms. The zero-order valence-electron chi connectivity index (χ0n) is 16.0. The van der Waals surface area contributed by atoms with Gasteiger partial charge in [0.15, 0.2) is 0 Å². The van der Waals surface area contributed by atoms with Gasteiger partial charge in [-0.15, -0.1) is 0 Å². The predicted molar refractivity (Wildman–Crippen MR) is 100 cm³/mol. The van der Waals surface area contributed by atoms with Crippen molar-refractivity contribution in [2.24, 2.45) is 5.73 Å². The molecule has 3 heterocycles. The lowest BCUT2D eigenvalue weighted by Crippen LogP contribution is -2.41. The van der Waals surface area contributed by atoms with Crippen LogP contribution in [0.15, 0.2) is 18.3 Å². The van der Waals surface area contributed by atoms with Crippen molar-refractivity contribution in [2.75, 3.05) is 45.2 Å². The van der Waals surface area contributed by atoms with Gasteiger partial charge in [0.05, 0.1) is 12.0 Å². The predicted octanol–water partition coefficient (Wildman–Crippen LogP) is -0.498. The number of nitrogens with zero attached hydrogens (tertiary/aromatic N) is 5. The lowest BCUT2D eigenvalue weighted by Gasteiger charge is -2.24. The fourth-order valence-electron chi connectivity index (χ4n) is 3.49. The monoisotopic (exact) mass is 388 g/mol. The number of pyridine rings is 1. The molecule has 0 aromatic carbocycles. The molecule has 2 aliphatic heterocycles. The van der Waals surface area contributed by atoms with Crippen LogP contribution in [0.1, 0.15) is 23.2 Å². The Kier molecular flexibility index (Phi) is 5.48. The highest BCUT2D eigenvalue weighted by Gasteiger charge is 2.42. The summed E-state index contributed by atoms with van der Waals surface area (Å²) in [6.07, 6.45) is 2.18. The van der Waals surface area contributed by atoms with Crippen molar-refractivity contribution in [1.82, 2.24) is 19.7 Å². The number of rotatable bonds is 4. The highest BCUT2D eigenvalue weighted by atomic mass is 16.2. The molecule has 5 amide bonds. The van der Waals surface area contributed by atoms with Crippen molar-refractivity contribution in [3.05, 3.63) is 23.9 Å². The van der Waals surface area contributed by atoms with Crippen molar-refractivity contribution < 1.29 is 19.2 Å². The molecule has 0 radical (unpaired) electrons. The Labute approximate surface area is 162 Å². The van der Waals surface area contributed by atoms with Gasteiger partial charge in [0.1, 0.15) is 11.9 Å². The molecule has 1 unspecified atom stereocenters. The molecule has 0 saturated carbocycles. The summed E-state index contributed by atoms with van der Waals surface area (Å²) >= 11 is 0. The Morgan fingerprint density at radius 2 is 1.89 bits per heavy atom. The van der Waals surface area contributed by atoms with Crippen LogP contribution < -0.4 is 10.6 Å². The van der Waals surface area contributed by atoms with E-state index >= 15 is 0 Å². The zero-order valence-corrected chi connectivity index (χ0v) is 16.0. The first-order valence-corrected chi connectivity index (χ1v) is 9.12. The quantitative estimate of drug-likeness (QED) is 0.695. The molecular weight excluding hydrogens is 364 g/mol. The molecule has 2 N–H and O–H groups in total. The number of urea groups is 1. The van der Waals surface area contributed by atoms with E-state index in [0.717, 1.165) is 23.7 Å². The summed E-state index contributed by atoms with van der Waals surface area (Å²) in [5.74, 6) is -0.303. The van der Waals surface area contributed by atoms with Crippen LogP contribution in [0, 0.1) is 0 Å². The maximum atomic E-state index is 12.7. The van der Waals surface area contributed by atoms with Crippen molar-refractivity contribution >= 4 is 29.6 Å². The second kappa shape index (κ2) is 7.83. The van der Waals surface area contributed by atoms with Gasteiger partial charge in [0, 0.05) is 46.5 Å². The van der Waals surface area contributed by atoms with Gasteiger partial charge >= 0.3 is 6.03 Å². The van der Waals surface area contributed by atoms with E-state index in [1.807, 2.05) is 4.90 Å². The summed E-state index contributed by atoms with van der Waals surface area (Å²) in [5.41, 5.74) is 5.58. The first-order valence-electron chi connectivity index (χ1n) is 9.12. The van der Waals surface area contributed by atoms with Gasteiger partial charge < -0.3 is 20.4 Å². The number of imide groups is 1. The number of aromatic nitrogens is 1. The van der Waals surface area contributed by atoms with Crippen molar-refractivity contribution in [3.63, 3.8) is 0 Å². The van der Waals surface area contributed by atoms with Crippen LogP contribution in [0.25, 0.3) is 0 Å². The lowest BCUT2D eigenvalue weighted by molar-refractivity contribution is -0.136. The SMILES string of the molecule is CN1C(=O)C(CC(=O)N2CCCN(c3ccc(C(N)=O)cn3)CC2)N(C)C1=O. The first kappa shape index (κ1) is 19.6. The Balaban J connectivity index is 1.60. The van der Waals surface area contributed by atoms with Crippen molar-refractivity contribution in [3.8, 4) is 0 Å². The minimum atomic E-state index is -0.743. The average Bonchev–Trinajstić information content (AvgIpc) is 2.89. The zero-order chi connectivity index (χ0) is 20.4. The third-order valence-corrected chi connectivity index (χ3v) is 5.24. The summed E-state index contributed by atoms with van der Waals surface area (Å²) in [7, 11) is 2.96. The van der Waals surface area contributed by atoms with Crippen LogP contribution >= 0.6 is 0 Å². The summed E-state index contributed by atoms with van der Waals surface area (Å²) in [4.78, 5) is 58.3. The van der Waals surface area contributed by atoms with Gasteiger partial charge in [-0.1, -0.05) is 0 Å². The number of primary amides is 1. The van der Waals surface area contributed by atoms with Crippen LogP contribution in [0.3, 0.4) is 0 Å². The number of nitrogens with two attached hydrogens (primary N) is 1. The third kappa shape index (κ3) is 3.75. The Morgan fingerprint density at radius 3 is 2.46 bits per heavy atom. The number of hydrogen-bond acceptors (Lipinski definition) is 6. The maximum Gasteiger partial charge on any atom is 0.326 e. The molecule has 1 aromatic heterocycles. The molecular formula is C18H24N6O4. The highest BCUT2D eigenvalue weighted by molar-refractivity contribution is 6.05. The summed E-state index contributed by atoms with van der Waals surface area (Å²) < 4.78 is 0.